The lowest BCUT2D eigenvalue weighted by Crippen LogP contribution is -2.28. The zero-order valence-corrected chi connectivity index (χ0v) is 11.6. The molecule has 4 heteroatoms. The lowest BCUT2D eigenvalue weighted by Gasteiger charge is -2.23. The summed E-state index contributed by atoms with van der Waals surface area (Å²) in [5.41, 5.74) is 7.68. The second-order valence-corrected chi connectivity index (χ2v) is 5.66. The van der Waals surface area contributed by atoms with Crippen LogP contribution in [0.2, 0.25) is 0 Å². The predicted octanol–water partition coefficient (Wildman–Crippen LogP) is 2.04. The van der Waals surface area contributed by atoms with Gasteiger partial charge in [-0.05, 0) is 30.5 Å². The van der Waals surface area contributed by atoms with E-state index in [9.17, 15) is 4.79 Å². The molecule has 1 atom stereocenters. The maximum Gasteiger partial charge on any atom is 0.253 e. The number of nitrogens with one attached hydrogen (secondary N) is 1. The molecule has 1 saturated heterocycles. The Balaban J connectivity index is 2.00. The summed E-state index contributed by atoms with van der Waals surface area (Å²) < 4.78 is 5.35. The summed E-state index contributed by atoms with van der Waals surface area (Å²) >= 11 is 0. The summed E-state index contributed by atoms with van der Waals surface area (Å²) in [6, 6.07) is 7.86. The molecule has 1 heterocycles. The fraction of sp³-hybridized carbons (Fsp3) is 0.533. The molecule has 1 aliphatic heterocycles. The van der Waals surface area contributed by atoms with E-state index < -0.39 is 0 Å². The third-order valence-electron chi connectivity index (χ3n) is 3.67. The van der Waals surface area contributed by atoms with E-state index in [2.05, 4.69) is 19.2 Å². The lowest BCUT2D eigenvalue weighted by atomic mass is 9.85. The zero-order chi connectivity index (χ0) is 13.9. The first-order chi connectivity index (χ1) is 9.03. The van der Waals surface area contributed by atoms with Crippen LogP contribution in [-0.2, 0) is 14.9 Å². The molecule has 1 unspecified atom stereocenters. The van der Waals surface area contributed by atoms with Gasteiger partial charge >= 0.3 is 0 Å². The summed E-state index contributed by atoms with van der Waals surface area (Å²) in [5, 5.41) is 2.89. The molecule has 1 amide bonds. The van der Waals surface area contributed by atoms with Crippen molar-refractivity contribution in [2.75, 3.05) is 18.5 Å². The van der Waals surface area contributed by atoms with E-state index in [0.29, 0.717) is 13.2 Å². The summed E-state index contributed by atoms with van der Waals surface area (Å²) in [7, 11) is 0. The van der Waals surface area contributed by atoms with Crippen molar-refractivity contribution < 1.29 is 9.53 Å². The Morgan fingerprint density at radius 1 is 1.42 bits per heavy atom. The van der Waals surface area contributed by atoms with Crippen LogP contribution in [0.1, 0.15) is 32.3 Å². The lowest BCUT2D eigenvalue weighted by molar-refractivity contribution is -0.124. The Morgan fingerprint density at radius 3 is 2.63 bits per heavy atom. The Kier molecular flexibility index (Phi) is 4.22. The number of carbonyl (C=O) groups is 1. The van der Waals surface area contributed by atoms with Crippen LogP contribution in [0.3, 0.4) is 0 Å². The van der Waals surface area contributed by atoms with Gasteiger partial charge in [0.25, 0.3) is 5.91 Å². The van der Waals surface area contributed by atoms with Gasteiger partial charge in [0.05, 0.1) is 0 Å². The number of rotatable bonds is 4. The van der Waals surface area contributed by atoms with Crippen molar-refractivity contribution in [1.29, 1.82) is 0 Å². The second-order valence-electron chi connectivity index (χ2n) is 5.66. The third kappa shape index (κ3) is 3.33. The molecule has 2 rings (SSSR count). The highest BCUT2D eigenvalue weighted by molar-refractivity contribution is 5.94. The highest BCUT2D eigenvalue weighted by Crippen LogP contribution is 2.23. The number of benzene rings is 1. The molecule has 19 heavy (non-hydrogen) atoms. The van der Waals surface area contributed by atoms with Gasteiger partial charge in [-0.1, -0.05) is 26.0 Å². The molecule has 1 aromatic carbocycles. The largest absolute Gasteiger partial charge is 0.368 e. The van der Waals surface area contributed by atoms with Crippen molar-refractivity contribution in [3.05, 3.63) is 29.8 Å². The Bertz CT molecular complexity index is 434. The first-order valence-electron chi connectivity index (χ1n) is 6.76. The molecule has 1 aromatic rings. The second kappa shape index (κ2) is 5.72. The molecular formula is C15H22N2O2. The quantitative estimate of drug-likeness (QED) is 0.872. The van der Waals surface area contributed by atoms with E-state index in [1.165, 1.54) is 5.56 Å². The average molecular weight is 262 g/mol. The SMILES string of the molecule is CC(C)(CN)c1ccc(NC(=O)C2CCCO2)cc1. The fourth-order valence-corrected chi connectivity index (χ4v) is 2.13. The van der Waals surface area contributed by atoms with Crippen LogP contribution in [-0.4, -0.2) is 25.2 Å². The van der Waals surface area contributed by atoms with E-state index in [-0.39, 0.29) is 17.4 Å². The first-order valence-corrected chi connectivity index (χ1v) is 6.76. The monoisotopic (exact) mass is 262 g/mol. The number of ether oxygens (including phenoxy) is 1. The van der Waals surface area contributed by atoms with Crippen LogP contribution in [0.15, 0.2) is 24.3 Å². The van der Waals surface area contributed by atoms with Gasteiger partial charge in [-0.3, -0.25) is 4.79 Å². The van der Waals surface area contributed by atoms with Gasteiger partial charge in [0.15, 0.2) is 0 Å². The van der Waals surface area contributed by atoms with Crippen molar-refractivity contribution in [1.82, 2.24) is 0 Å². The number of amides is 1. The third-order valence-corrected chi connectivity index (χ3v) is 3.67. The summed E-state index contributed by atoms with van der Waals surface area (Å²) in [6.07, 6.45) is 1.48. The van der Waals surface area contributed by atoms with E-state index in [1.54, 1.807) is 0 Å². The van der Waals surface area contributed by atoms with Crippen LogP contribution in [0.5, 0.6) is 0 Å². The van der Waals surface area contributed by atoms with Gasteiger partial charge < -0.3 is 15.8 Å². The van der Waals surface area contributed by atoms with Gasteiger partial charge in [0, 0.05) is 24.3 Å². The molecule has 1 fully saturated rings. The van der Waals surface area contributed by atoms with Gasteiger partial charge in [-0.15, -0.1) is 0 Å². The van der Waals surface area contributed by atoms with Crippen LogP contribution < -0.4 is 11.1 Å². The summed E-state index contributed by atoms with van der Waals surface area (Å²) in [5.74, 6) is -0.0525. The van der Waals surface area contributed by atoms with E-state index in [0.717, 1.165) is 18.5 Å². The Morgan fingerprint density at radius 2 is 2.11 bits per heavy atom. The number of anilines is 1. The highest BCUT2D eigenvalue weighted by Gasteiger charge is 2.23. The van der Waals surface area contributed by atoms with Crippen LogP contribution >= 0.6 is 0 Å². The zero-order valence-electron chi connectivity index (χ0n) is 11.6. The van der Waals surface area contributed by atoms with E-state index in [4.69, 9.17) is 10.5 Å². The topological polar surface area (TPSA) is 64.3 Å². The highest BCUT2D eigenvalue weighted by atomic mass is 16.5. The molecule has 4 nitrogen and oxygen atoms in total. The maximum absolute atomic E-state index is 11.9. The number of nitrogens with two attached hydrogens (primary N) is 1. The van der Waals surface area contributed by atoms with E-state index in [1.807, 2.05) is 24.3 Å². The van der Waals surface area contributed by atoms with Gasteiger partial charge in [-0.25, -0.2) is 0 Å². The van der Waals surface area contributed by atoms with Crippen LogP contribution in [0.25, 0.3) is 0 Å². The number of hydrogen-bond donors (Lipinski definition) is 2. The van der Waals surface area contributed by atoms with Gasteiger partial charge in [0.1, 0.15) is 6.10 Å². The smallest absolute Gasteiger partial charge is 0.253 e. The minimum Gasteiger partial charge on any atom is -0.368 e. The molecule has 104 valence electrons. The molecule has 1 aliphatic rings. The molecule has 0 aliphatic carbocycles. The van der Waals surface area contributed by atoms with E-state index >= 15 is 0 Å². The van der Waals surface area contributed by atoms with Crippen molar-refractivity contribution in [2.24, 2.45) is 5.73 Å². The van der Waals surface area contributed by atoms with Crippen LogP contribution in [0.4, 0.5) is 5.69 Å². The predicted molar refractivity (Wildman–Crippen MR) is 76.1 cm³/mol. The Labute approximate surface area is 114 Å². The molecule has 0 bridgehead atoms. The minimum absolute atomic E-state index is 0.0445. The average Bonchev–Trinajstić information content (AvgIpc) is 2.93. The van der Waals surface area contributed by atoms with Gasteiger partial charge in [0.2, 0.25) is 0 Å². The molecule has 0 saturated carbocycles. The van der Waals surface area contributed by atoms with Crippen molar-refractivity contribution >= 4 is 11.6 Å². The molecule has 0 radical (unpaired) electrons. The standard InChI is InChI=1S/C15H22N2O2/c1-15(2,10-16)11-5-7-12(8-6-11)17-14(18)13-4-3-9-19-13/h5-8,13H,3-4,9-10,16H2,1-2H3,(H,17,18). The fourth-order valence-electron chi connectivity index (χ4n) is 2.13. The number of carbonyl (C=O) groups excluding carboxylic acids is 1. The summed E-state index contributed by atoms with van der Waals surface area (Å²) in [6.45, 7) is 5.48. The van der Waals surface area contributed by atoms with Crippen molar-refractivity contribution in [3.8, 4) is 0 Å². The number of hydrogen-bond acceptors (Lipinski definition) is 3. The summed E-state index contributed by atoms with van der Waals surface area (Å²) in [4.78, 5) is 11.9. The molecule has 3 N–H and O–H groups in total. The minimum atomic E-state index is -0.292. The Hall–Kier alpha value is -1.39. The van der Waals surface area contributed by atoms with Gasteiger partial charge in [-0.2, -0.15) is 0 Å². The molecular weight excluding hydrogens is 240 g/mol. The first kappa shape index (κ1) is 14.0. The molecule has 0 aromatic heterocycles. The van der Waals surface area contributed by atoms with Crippen molar-refractivity contribution in [2.45, 2.75) is 38.2 Å². The van der Waals surface area contributed by atoms with Crippen LogP contribution in [0, 0.1) is 0 Å². The van der Waals surface area contributed by atoms with Crippen molar-refractivity contribution in [3.63, 3.8) is 0 Å². The maximum atomic E-state index is 11.9. The normalized spacial score (nSPS) is 19.4. The molecule has 0 spiro atoms.